The van der Waals surface area contributed by atoms with E-state index in [4.69, 9.17) is 0 Å². The van der Waals surface area contributed by atoms with Gasteiger partial charge in [-0.15, -0.1) is 0 Å². The normalized spacial score (nSPS) is 12.7. The first-order valence-electron chi connectivity index (χ1n) is 9.03. The van der Waals surface area contributed by atoms with Crippen LogP contribution >= 0.6 is 0 Å². The number of nitrogens with zero attached hydrogens (tertiary/aromatic N) is 8. The predicted molar refractivity (Wildman–Crippen MR) is 96.6 cm³/mol. The van der Waals surface area contributed by atoms with Crippen LogP contribution in [-0.2, 0) is 18.5 Å². The second kappa shape index (κ2) is 8.20. The standard InChI is InChI=1S/C17H8F9N9/c18-15(19,20)9-2-5-34(32-9)13-29-12(28-8-1-4-27-11(7-8)17(24,25)26)30-14(31-13)35-6-3-10(33-35)16(21,22)23/h1-7H,(H,27,28,29,30,31). The van der Waals surface area contributed by atoms with Crippen LogP contribution in [0.1, 0.15) is 17.1 Å². The van der Waals surface area contributed by atoms with Crippen LogP contribution in [0.4, 0.5) is 51.1 Å². The number of aromatic nitrogens is 8. The SMILES string of the molecule is FC(F)(F)c1cc(Nc2nc(-n3ccc(C(F)(F)F)n3)nc(-n3ccc(C(F)(F)F)n3)n2)ccn1. The Kier molecular flexibility index (Phi) is 5.60. The van der Waals surface area contributed by atoms with Gasteiger partial charge in [-0.3, -0.25) is 4.98 Å². The summed E-state index contributed by atoms with van der Waals surface area (Å²) in [4.78, 5) is 14.6. The van der Waals surface area contributed by atoms with Crippen molar-refractivity contribution in [3.63, 3.8) is 0 Å². The van der Waals surface area contributed by atoms with Crippen LogP contribution in [0.15, 0.2) is 42.9 Å². The maximum atomic E-state index is 12.9. The van der Waals surface area contributed by atoms with Crippen molar-refractivity contribution in [1.82, 2.24) is 39.5 Å². The summed E-state index contributed by atoms with van der Waals surface area (Å²) in [6.45, 7) is 0. The molecule has 0 aliphatic carbocycles. The number of hydrogen-bond acceptors (Lipinski definition) is 7. The molecular weight excluding hydrogens is 501 g/mol. The zero-order chi connectivity index (χ0) is 25.6. The molecule has 0 bridgehead atoms. The Morgan fingerprint density at radius 2 is 1.11 bits per heavy atom. The van der Waals surface area contributed by atoms with Gasteiger partial charge in [0.05, 0.1) is 0 Å². The van der Waals surface area contributed by atoms with Crippen LogP contribution in [0.3, 0.4) is 0 Å². The van der Waals surface area contributed by atoms with E-state index in [2.05, 4.69) is 35.5 Å². The summed E-state index contributed by atoms with van der Waals surface area (Å²) in [5, 5.41) is 8.92. The molecule has 1 N–H and O–H groups in total. The minimum absolute atomic E-state index is 0.233. The van der Waals surface area contributed by atoms with Gasteiger partial charge >= 0.3 is 18.5 Å². The van der Waals surface area contributed by atoms with Gasteiger partial charge in [-0.25, -0.2) is 9.36 Å². The van der Waals surface area contributed by atoms with Crippen molar-refractivity contribution < 1.29 is 39.5 Å². The molecule has 4 aromatic rings. The molecular formula is C17H8F9N9. The summed E-state index contributed by atoms with van der Waals surface area (Å²) in [6.07, 6.45) is -12.0. The predicted octanol–water partition coefficient (Wildman–Crippen LogP) is 4.44. The molecule has 0 spiro atoms. The van der Waals surface area contributed by atoms with E-state index >= 15 is 0 Å². The van der Waals surface area contributed by atoms with E-state index in [9.17, 15) is 39.5 Å². The molecule has 18 heteroatoms. The lowest BCUT2D eigenvalue weighted by Crippen LogP contribution is -2.14. The number of anilines is 2. The van der Waals surface area contributed by atoms with Crippen molar-refractivity contribution in [2.45, 2.75) is 18.5 Å². The van der Waals surface area contributed by atoms with Gasteiger partial charge in [-0.2, -0.15) is 64.7 Å². The minimum Gasteiger partial charge on any atom is -0.324 e. The number of pyridine rings is 1. The van der Waals surface area contributed by atoms with E-state index in [1.807, 2.05) is 0 Å². The zero-order valence-corrected chi connectivity index (χ0v) is 16.5. The Morgan fingerprint density at radius 1 is 0.629 bits per heavy atom. The summed E-state index contributed by atoms with van der Waals surface area (Å²) in [5.74, 6) is -1.72. The largest absolute Gasteiger partial charge is 0.435 e. The molecule has 184 valence electrons. The fraction of sp³-hybridized carbons (Fsp3) is 0.176. The third-order valence-corrected chi connectivity index (χ3v) is 4.09. The molecule has 0 amide bonds. The van der Waals surface area contributed by atoms with Crippen LogP contribution in [0.5, 0.6) is 0 Å². The molecule has 35 heavy (non-hydrogen) atoms. The molecule has 4 heterocycles. The van der Waals surface area contributed by atoms with Gasteiger partial charge in [-0.1, -0.05) is 0 Å². The smallest absolute Gasteiger partial charge is 0.324 e. The van der Waals surface area contributed by atoms with E-state index in [0.717, 1.165) is 24.7 Å². The fourth-order valence-electron chi connectivity index (χ4n) is 2.58. The average molecular weight is 509 g/mol. The first kappa shape index (κ1) is 23.9. The van der Waals surface area contributed by atoms with Gasteiger partial charge < -0.3 is 5.32 Å². The molecule has 4 rings (SSSR count). The van der Waals surface area contributed by atoms with Crippen molar-refractivity contribution in [3.05, 3.63) is 59.9 Å². The number of nitrogens with one attached hydrogen (secondary N) is 1. The Bertz CT molecular complexity index is 1280. The highest BCUT2D eigenvalue weighted by Crippen LogP contribution is 2.31. The average Bonchev–Trinajstić information content (AvgIpc) is 3.43. The monoisotopic (exact) mass is 509 g/mol. The molecule has 0 radical (unpaired) electrons. The van der Waals surface area contributed by atoms with Crippen LogP contribution in [0.2, 0.25) is 0 Å². The lowest BCUT2D eigenvalue weighted by Gasteiger charge is -2.11. The Balaban J connectivity index is 1.79. The van der Waals surface area contributed by atoms with Gasteiger partial charge in [0.1, 0.15) is 5.69 Å². The second-order valence-electron chi connectivity index (χ2n) is 6.60. The topological polar surface area (TPSA) is 99.2 Å². The van der Waals surface area contributed by atoms with Gasteiger partial charge in [0.2, 0.25) is 5.95 Å². The summed E-state index contributed by atoms with van der Waals surface area (Å²) in [7, 11) is 0. The van der Waals surface area contributed by atoms with E-state index < -0.39 is 53.5 Å². The summed E-state index contributed by atoms with van der Waals surface area (Å²) in [6, 6.07) is 2.87. The molecule has 0 atom stereocenters. The molecule has 0 unspecified atom stereocenters. The van der Waals surface area contributed by atoms with Gasteiger partial charge in [0.15, 0.2) is 11.4 Å². The molecule has 0 aliphatic heterocycles. The van der Waals surface area contributed by atoms with Crippen molar-refractivity contribution in [2.75, 3.05) is 5.32 Å². The maximum Gasteiger partial charge on any atom is 0.435 e. The molecule has 0 aromatic carbocycles. The molecule has 4 aromatic heterocycles. The van der Waals surface area contributed by atoms with Crippen molar-refractivity contribution in [2.24, 2.45) is 0 Å². The molecule has 9 nitrogen and oxygen atoms in total. The van der Waals surface area contributed by atoms with Gasteiger partial charge in [-0.05, 0) is 24.3 Å². The number of hydrogen-bond donors (Lipinski definition) is 1. The molecule has 0 aliphatic rings. The molecule has 0 saturated carbocycles. The van der Waals surface area contributed by atoms with E-state index in [-0.39, 0.29) is 5.69 Å². The summed E-state index contributed by atoms with van der Waals surface area (Å²) in [5.41, 5.74) is -4.16. The quantitative estimate of drug-likeness (QED) is 0.406. The lowest BCUT2D eigenvalue weighted by molar-refractivity contribution is -0.142. The van der Waals surface area contributed by atoms with Crippen LogP contribution < -0.4 is 5.32 Å². The summed E-state index contributed by atoms with van der Waals surface area (Å²) < 4.78 is 117. The summed E-state index contributed by atoms with van der Waals surface area (Å²) >= 11 is 0. The number of rotatable bonds is 4. The first-order valence-corrected chi connectivity index (χ1v) is 9.03. The Labute approximate surface area is 187 Å². The molecule has 0 fully saturated rings. The maximum absolute atomic E-state index is 12.9. The number of halogens is 9. The van der Waals surface area contributed by atoms with Crippen LogP contribution in [-0.4, -0.2) is 39.5 Å². The van der Waals surface area contributed by atoms with E-state index in [1.165, 1.54) is 0 Å². The fourth-order valence-corrected chi connectivity index (χ4v) is 2.58. The highest BCUT2D eigenvalue weighted by Gasteiger charge is 2.35. The van der Waals surface area contributed by atoms with E-state index in [0.29, 0.717) is 27.6 Å². The third kappa shape index (κ3) is 5.30. The van der Waals surface area contributed by atoms with Crippen LogP contribution in [0, 0.1) is 0 Å². The minimum atomic E-state index is -4.82. The second-order valence-corrected chi connectivity index (χ2v) is 6.60. The lowest BCUT2D eigenvalue weighted by atomic mass is 10.3. The van der Waals surface area contributed by atoms with E-state index in [1.54, 1.807) is 0 Å². The van der Waals surface area contributed by atoms with Gasteiger partial charge in [0, 0.05) is 24.3 Å². The Hall–Kier alpha value is -4.25. The highest BCUT2D eigenvalue weighted by atomic mass is 19.4. The zero-order valence-electron chi connectivity index (χ0n) is 16.5. The number of alkyl halides is 9. The highest BCUT2D eigenvalue weighted by molar-refractivity contribution is 5.54. The third-order valence-electron chi connectivity index (χ3n) is 4.09. The van der Waals surface area contributed by atoms with Crippen molar-refractivity contribution >= 4 is 11.6 Å². The van der Waals surface area contributed by atoms with Crippen molar-refractivity contribution in [1.29, 1.82) is 0 Å². The van der Waals surface area contributed by atoms with Crippen molar-refractivity contribution in [3.8, 4) is 11.9 Å². The van der Waals surface area contributed by atoms with Crippen LogP contribution in [0.25, 0.3) is 11.9 Å². The van der Waals surface area contributed by atoms with Gasteiger partial charge in [0.25, 0.3) is 11.9 Å². The molecule has 0 saturated heterocycles. The first-order chi connectivity index (χ1) is 16.2. The Morgan fingerprint density at radius 3 is 1.54 bits per heavy atom.